The molecule has 1 aliphatic rings. The molecule has 1 aliphatic carbocycles. The molecular formula is C14H16Cl2N2O2. The molecule has 0 radical (unpaired) electrons. The fourth-order valence-electron chi connectivity index (χ4n) is 2.51. The Hall–Kier alpha value is -1.23. The number of hydrogen-bond acceptors (Lipinski definition) is 2. The third kappa shape index (κ3) is 2.77. The zero-order valence-electron chi connectivity index (χ0n) is 11.1. The lowest BCUT2D eigenvalue weighted by Crippen LogP contribution is -2.42. The number of hydrogen-bond donors (Lipinski definition) is 2. The lowest BCUT2D eigenvalue weighted by atomic mass is 10.1. The van der Waals surface area contributed by atoms with Crippen molar-refractivity contribution in [2.75, 3.05) is 13.6 Å². The van der Waals surface area contributed by atoms with Gasteiger partial charge in [-0.15, -0.1) is 6.58 Å². The molecule has 0 unspecified atom stereocenters. The topological polar surface area (TPSA) is 52.6 Å². The summed E-state index contributed by atoms with van der Waals surface area (Å²) >= 11 is 12.2. The van der Waals surface area contributed by atoms with Crippen LogP contribution < -0.4 is 5.32 Å². The third-order valence-corrected chi connectivity index (χ3v) is 3.98. The third-order valence-electron chi connectivity index (χ3n) is 3.43. The van der Waals surface area contributed by atoms with E-state index in [4.69, 9.17) is 23.2 Å². The summed E-state index contributed by atoms with van der Waals surface area (Å²) in [4.78, 5) is 13.5. The first-order valence-electron chi connectivity index (χ1n) is 6.23. The Morgan fingerprint density at radius 3 is 2.95 bits per heavy atom. The van der Waals surface area contributed by atoms with Crippen molar-refractivity contribution in [3.63, 3.8) is 0 Å². The van der Waals surface area contributed by atoms with Gasteiger partial charge in [0, 0.05) is 30.1 Å². The number of aliphatic hydroxyl groups excluding tert-OH is 1. The second kappa shape index (κ2) is 6.04. The number of halogens is 2. The Balaban J connectivity index is 2.30. The molecule has 2 amide bonds. The van der Waals surface area contributed by atoms with Crippen molar-refractivity contribution in [1.29, 1.82) is 0 Å². The monoisotopic (exact) mass is 314 g/mol. The first-order chi connectivity index (χ1) is 9.45. The second-order valence-electron chi connectivity index (χ2n) is 4.76. The number of benzene rings is 1. The summed E-state index contributed by atoms with van der Waals surface area (Å²) in [5.74, 6) is 0. The van der Waals surface area contributed by atoms with Crippen LogP contribution in [0.4, 0.5) is 4.79 Å². The van der Waals surface area contributed by atoms with Gasteiger partial charge in [-0.3, -0.25) is 0 Å². The molecule has 1 aromatic rings. The highest BCUT2D eigenvalue weighted by Gasteiger charge is 2.37. The van der Waals surface area contributed by atoms with Gasteiger partial charge in [-0.2, -0.15) is 0 Å². The zero-order valence-corrected chi connectivity index (χ0v) is 12.6. The number of rotatable bonds is 3. The molecule has 0 spiro atoms. The van der Waals surface area contributed by atoms with Gasteiger partial charge in [-0.05, 0) is 23.3 Å². The number of fused-ring (bicyclic) bond motifs is 1. The fraction of sp³-hybridized carbons (Fsp3) is 0.357. The maximum absolute atomic E-state index is 12.0. The van der Waals surface area contributed by atoms with Crippen LogP contribution >= 0.6 is 23.2 Å². The van der Waals surface area contributed by atoms with Crippen LogP contribution in [-0.2, 0) is 6.42 Å². The van der Waals surface area contributed by atoms with Crippen molar-refractivity contribution < 1.29 is 9.90 Å². The lowest BCUT2D eigenvalue weighted by molar-refractivity contribution is 0.0896. The minimum atomic E-state index is -0.694. The molecule has 0 saturated heterocycles. The average Bonchev–Trinajstić information content (AvgIpc) is 2.71. The number of carbonyl (C=O) groups excluding carboxylic acids is 1. The summed E-state index contributed by atoms with van der Waals surface area (Å²) in [6.45, 7) is 3.92. The molecule has 2 N–H and O–H groups in total. The summed E-state index contributed by atoms with van der Waals surface area (Å²) in [5.41, 5.74) is 1.64. The van der Waals surface area contributed by atoms with E-state index in [1.807, 2.05) is 0 Å². The highest BCUT2D eigenvalue weighted by molar-refractivity contribution is 6.35. The summed E-state index contributed by atoms with van der Waals surface area (Å²) < 4.78 is 0. The van der Waals surface area contributed by atoms with Gasteiger partial charge in [0.2, 0.25) is 0 Å². The van der Waals surface area contributed by atoms with Gasteiger partial charge in [-0.25, -0.2) is 4.79 Å². The van der Waals surface area contributed by atoms with E-state index in [1.165, 1.54) is 4.90 Å². The molecule has 0 fully saturated rings. The largest absolute Gasteiger partial charge is 0.390 e. The van der Waals surface area contributed by atoms with E-state index in [0.29, 0.717) is 23.0 Å². The molecule has 6 heteroatoms. The Morgan fingerprint density at radius 1 is 1.60 bits per heavy atom. The van der Waals surface area contributed by atoms with Crippen molar-refractivity contribution in [3.05, 3.63) is 46.0 Å². The molecular weight excluding hydrogens is 299 g/mol. The van der Waals surface area contributed by atoms with Crippen molar-refractivity contribution in [1.82, 2.24) is 10.2 Å². The van der Waals surface area contributed by atoms with Gasteiger partial charge in [-0.1, -0.05) is 29.3 Å². The number of nitrogens with one attached hydrogen (secondary N) is 1. The molecule has 0 bridgehead atoms. The van der Waals surface area contributed by atoms with Crippen LogP contribution in [0.25, 0.3) is 0 Å². The normalized spacial score (nSPS) is 20.4. The van der Waals surface area contributed by atoms with Crippen LogP contribution in [0.5, 0.6) is 0 Å². The van der Waals surface area contributed by atoms with E-state index in [9.17, 15) is 9.90 Å². The molecule has 4 nitrogen and oxygen atoms in total. The van der Waals surface area contributed by atoms with Gasteiger partial charge in [0.05, 0.1) is 12.1 Å². The SMILES string of the molecule is C=CCNC(=O)N(C)[C@@H]1c2cc(Cl)cc(Cl)c2C[C@H]1O. The number of aliphatic hydroxyl groups is 1. The maximum Gasteiger partial charge on any atom is 0.317 e. The van der Waals surface area contributed by atoms with E-state index < -0.39 is 12.1 Å². The Bertz CT molecular complexity index is 548. The van der Waals surface area contributed by atoms with E-state index in [1.54, 1.807) is 25.3 Å². The first kappa shape index (κ1) is 15.2. The van der Waals surface area contributed by atoms with Crippen LogP contribution in [0.1, 0.15) is 17.2 Å². The Kier molecular flexibility index (Phi) is 4.58. The predicted octanol–water partition coefficient (Wildman–Crippen LogP) is 2.78. The molecule has 0 aliphatic heterocycles. The predicted molar refractivity (Wildman–Crippen MR) is 80.3 cm³/mol. The number of urea groups is 1. The number of carbonyl (C=O) groups is 1. The van der Waals surface area contributed by atoms with Crippen LogP contribution in [0.2, 0.25) is 10.0 Å². The van der Waals surface area contributed by atoms with Crippen LogP contribution in [0.15, 0.2) is 24.8 Å². The minimum absolute atomic E-state index is 0.280. The van der Waals surface area contributed by atoms with Gasteiger partial charge in [0.1, 0.15) is 0 Å². The smallest absolute Gasteiger partial charge is 0.317 e. The summed E-state index contributed by atoms with van der Waals surface area (Å²) in [7, 11) is 1.64. The Morgan fingerprint density at radius 2 is 2.30 bits per heavy atom. The molecule has 0 heterocycles. The summed E-state index contributed by atoms with van der Waals surface area (Å²) in [6, 6.07) is 2.67. The number of likely N-dealkylation sites (N-methyl/N-ethyl adjacent to an activating group) is 1. The van der Waals surface area contributed by atoms with Crippen molar-refractivity contribution in [3.8, 4) is 0 Å². The van der Waals surface area contributed by atoms with Crippen LogP contribution in [0, 0.1) is 0 Å². The zero-order chi connectivity index (χ0) is 14.9. The standard InChI is InChI=1S/C14H16Cl2N2O2/c1-3-4-17-14(20)18(2)13-10-5-8(15)6-11(16)9(10)7-12(13)19/h3,5-6,12-13,19H,1,4,7H2,2H3,(H,17,20)/t12-,13-/m1/s1. The first-order valence-corrected chi connectivity index (χ1v) is 6.98. The lowest BCUT2D eigenvalue weighted by Gasteiger charge is -2.28. The Labute approximate surface area is 128 Å². The van der Waals surface area contributed by atoms with E-state index >= 15 is 0 Å². The molecule has 0 saturated carbocycles. The highest BCUT2D eigenvalue weighted by atomic mass is 35.5. The second-order valence-corrected chi connectivity index (χ2v) is 5.60. The van der Waals surface area contributed by atoms with E-state index in [0.717, 1.165) is 11.1 Å². The van der Waals surface area contributed by atoms with Crippen LogP contribution in [-0.4, -0.2) is 35.7 Å². The molecule has 20 heavy (non-hydrogen) atoms. The van der Waals surface area contributed by atoms with Gasteiger partial charge >= 0.3 is 6.03 Å². The summed E-state index contributed by atoms with van der Waals surface area (Å²) in [6.07, 6.45) is 1.31. The quantitative estimate of drug-likeness (QED) is 0.843. The van der Waals surface area contributed by atoms with E-state index in [2.05, 4.69) is 11.9 Å². The highest BCUT2D eigenvalue weighted by Crippen LogP contribution is 2.40. The van der Waals surface area contributed by atoms with Gasteiger partial charge in [0.25, 0.3) is 0 Å². The molecule has 2 rings (SSSR count). The van der Waals surface area contributed by atoms with Crippen molar-refractivity contribution in [2.24, 2.45) is 0 Å². The molecule has 2 atom stereocenters. The van der Waals surface area contributed by atoms with Gasteiger partial charge < -0.3 is 15.3 Å². The molecule has 108 valence electrons. The average molecular weight is 315 g/mol. The number of nitrogens with zero attached hydrogens (tertiary/aromatic N) is 1. The molecule has 0 aromatic heterocycles. The molecule has 1 aromatic carbocycles. The number of amides is 2. The van der Waals surface area contributed by atoms with E-state index in [-0.39, 0.29) is 6.03 Å². The maximum atomic E-state index is 12.0. The van der Waals surface area contributed by atoms with Gasteiger partial charge in [0.15, 0.2) is 0 Å². The summed E-state index contributed by atoms with van der Waals surface area (Å²) in [5, 5.41) is 13.9. The minimum Gasteiger partial charge on any atom is -0.390 e. The van der Waals surface area contributed by atoms with Crippen molar-refractivity contribution >= 4 is 29.2 Å². The fourth-order valence-corrected chi connectivity index (χ4v) is 3.09. The van der Waals surface area contributed by atoms with Crippen molar-refractivity contribution in [2.45, 2.75) is 18.6 Å². The van der Waals surface area contributed by atoms with Crippen LogP contribution in [0.3, 0.4) is 0 Å².